The molecule has 1 atom stereocenters. The van der Waals surface area contributed by atoms with Crippen LogP contribution in [-0.4, -0.2) is 33.4 Å². The summed E-state index contributed by atoms with van der Waals surface area (Å²) in [5.74, 6) is -1.25. The predicted octanol–water partition coefficient (Wildman–Crippen LogP) is 5.37. The molecule has 5 rings (SSSR count). The van der Waals surface area contributed by atoms with Crippen LogP contribution in [0.15, 0.2) is 72.6 Å². The van der Waals surface area contributed by atoms with Crippen molar-refractivity contribution in [3.8, 4) is 5.75 Å². The number of anilines is 1. The Morgan fingerprint density at radius 3 is 2.71 bits per heavy atom. The zero-order valence-electron chi connectivity index (χ0n) is 17.9. The third-order valence-electron chi connectivity index (χ3n) is 5.43. The Bertz CT molecular complexity index is 1450. The highest BCUT2D eigenvalue weighted by molar-refractivity contribution is 7.22. The van der Waals surface area contributed by atoms with Gasteiger partial charge in [0.15, 0.2) is 5.13 Å². The molecule has 1 saturated heterocycles. The second-order valence-electron chi connectivity index (χ2n) is 7.52. The van der Waals surface area contributed by atoms with Crippen LogP contribution < -0.4 is 9.64 Å². The molecule has 0 saturated carbocycles. The van der Waals surface area contributed by atoms with Crippen LogP contribution in [0.2, 0.25) is 5.02 Å². The molecule has 2 aromatic carbocycles. The maximum atomic E-state index is 13.3. The van der Waals surface area contributed by atoms with Gasteiger partial charge in [-0.05, 0) is 55.0 Å². The molecule has 3 heterocycles. The Morgan fingerprint density at radius 1 is 1.15 bits per heavy atom. The monoisotopic (exact) mass is 491 g/mol. The molecule has 170 valence electrons. The molecule has 0 radical (unpaired) electrons. The second-order valence-corrected chi connectivity index (χ2v) is 8.96. The number of halogens is 1. The molecule has 0 aliphatic carbocycles. The second kappa shape index (κ2) is 8.89. The minimum Gasteiger partial charge on any atom is -0.507 e. The molecule has 1 aliphatic rings. The van der Waals surface area contributed by atoms with Gasteiger partial charge < -0.3 is 9.84 Å². The Kier molecular flexibility index (Phi) is 5.77. The number of aromatic nitrogens is 2. The van der Waals surface area contributed by atoms with Crippen molar-refractivity contribution in [1.29, 1.82) is 0 Å². The summed E-state index contributed by atoms with van der Waals surface area (Å²) in [7, 11) is 0. The number of amides is 1. The number of benzene rings is 2. The van der Waals surface area contributed by atoms with E-state index in [1.165, 1.54) is 28.6 Å². The van der Waals surface area contributed by atoms with E-state index >= 15 is 0 Å². The largest absolute Gasteiger partial charge is 0.507 e. The van der Waals surface area contributed by atoms with Gasteiger partial charge in [-0.15, -0.1) is 0 Å². The van der Waals surface area contributed by atoms with Gasteiger partial charge in [0.25, 0.3) is 5.78 Å². The first-order chi connectivity index (χ1) is 16.5. The summed E-state index contributed by atoms with van der Waals surface area (Å²) >= 11 is 7.38. The molecule has 1 amide bonds. The van der Waals surface area contributed by atoms with Crippen molar-refractivity contribution in [2.24, 2.45) is 0 Å². The lowest BCUT2D eigenvalue weighted by molar-refractivity contribution is -0.132. The van der Waals surface area contributed by atoms with Gasteiger partial charge in [-0.1, -0.05) is 35.1 Å². The minimum atomic E-state index is -0.899. The quantitative estimate of drug-likeness (QED) is 0.229. The van der Waals surface area contributed by atoms with Crippen molar-refractivity contribution in [3.63, 3.8) is 0 Å². The zero-order chi connectivity index (χ0) is 23.8. The van der Waals surface area contributed by atoms with E-state index < -0.39 is 17.7 Å². The molecule has 0 spiro atoms. The highest BCUT2D eigenvalue weighted by Gasteiger charge is 2.48. The lowest BCUT2D eigenvalue weighted by Gasteiger charge is -2.23. The van der Waals surface area contributed by atoms with Gasteiger partial charge in [0.2, 0.25) is 0 Å². The maximum Gasteiger partial charge on any atom is 0.301 e. The number of hydrogen-bond donors (Lipinski definition) is 1. The van der Waals surface area contributed by atoms with E-state index in [1.54, 1.807) is 54.6 Å². The highest BCUT2D eigenvalue weighted by Crippen LogP contribution is 2.45. The van der Waals surface area contributed by atoms with Crippen molar-refractivity contribution < 1.29 is 19.4 Å². The first-order valence-electron chi connectivity index (χ1n) is 10.5. The van der Waals surface area contributed by atoms with Gasteiger partial charge in [0.1, 0.15) is 11.5 Å². The summed E-state index contributed by atoms with van der Waals surface area (Å²) in [6, 6.07) is 14.6. The van der Waals surface area contributed by atoms with E-state index in [0.717, 1.165) is 4.70 Å². The number of fused-ring (bicyclic) bond motifs is 1. The molecule has 34 heavy (non-hydrogen) atoms. The molecule has 1 N–H and O–H groups in total. The third-order valence-corrected chi connectivity index (χ3v) is 6.68. The summed E-state index contributed by atoms with van der Waals surface area (Å²) < 4.78 is 6.42. The van der Waals surface area contributed by atoms with Gasteiger partial charge in [0.05, 0.1) is 28.4 Å². The molecule has 9 heteroatoms. The topological polar surface area (TPSA) is 92.6 Å². The standard InChI is InChI=1S/C25H18ClN3O4S/c1-2-33-17-5-3-4-15(12-17)21-20(22(30)14-8-10-27-11-9-14)23(31)24(32)29(21)25-28-18-7-6-16(26)13-19(18)34-25/h3-13,21,30H,2H2,1H3/b22-20+. The number of ether oxygens (including phenoxy) is 1. The Morgan fingerprint density at radius 2 is 1.94 bits per heavy atom. The number of hydrogen-bond acceptors (Lipinski definition) is 7. The lowest BCUT2D eigenvalue weighted by atomic mass is 9.95. The number of pyridine rings is 1. The molecule has 0 bridgehead atoms. The van der Waals surface area contributed by atoms with E-state index in [-0.39, 0.29) is 11.3 Å². The van der Waals surface area contributed by atoms with Crippen LogP contribution in [0.5, 0.6) is 5.75 Å². The van der Waals surface area contributed by atoms with Gasteiger partial charge in [-0.25, -0.2) is 4.98 Å². The summed E-state index contributed by atoms with van der Waals surface area (Å²) in [5, 5.41) is 12.0. The zero-order valence-corrected chi connectivity index (χ0v) is 19.5. The third kappa shape index (κ3) is 3.81. The van der Waals surface area contributed by atoms with Crippen molar-refractivity contribution in [1.82, 2.24) is 9.97 Å². The molecule has 1 fully saturated rings. The molecule has 4 aromatic rings. The molecule has 1 unspecified atom stereocenters. The first kappa shape index (κ1) is 22.1. The van der Waals surface area contributed by atoms with E-state index in [1.807, 2.05) is 6.92 Å². The normalized spacial score (nSPS) is 17.5. The van der Waals surface area contributed by atoms with E-state index in [9.17, 15) is 14.7 Å². The van der Waals surface area contributed by atoms with Gasteiger partial charge in [-0.2, -0.15) is 0 Å². The number of thiazole rings is 1. The van der Waals surface area contributed by atoms with Gasteiger partial charge in [0, 0.05) is 23.0 Å². The van der Waals surface area contributed by atoms with E-state index in [0.29, 0.717) is 39.2 Å². The smallest absolute Gasteiger partial charge is 0.301 e. The van der Waals surface area contributed by atoms with Crippen molar-refractivity contribution >= 4 is 55.7 Å². The number of carbonyl (C=O) groups excluding carboxylic acids is 2. The number of aliphatic hydroxyl groups is 1. The molecule has 7 nitrogen and oxygen atoms in total. The van der Waals surface area contributed by atoms with Gasteiger partial charge in [-0.3, -0.25) is 19.5 Å². The fraction of sp³-hybridized carbons (Fsp3) is 0.120. The van der Waals surface area contributed by atoms with Crippen molar-refractivity contribution in [2.45, 2.75) is 13.0 Å². The SMILES string of the molecule is CCOc1cccc(C2/C(=C(\O)c3ccncc3)C(=O)C(=O)N2c2nc3ccc(Cl)cc3s2)c1. The predicted molar refractivity (Wildman–Crippen MR) is 131 cm³/mol. The van der Waals surface area contributed by atoms with Crippen LogP contribution in [-0.2, 0) is 9.59 Å². The van der Waals surface area contributed by atoms with Crippen molar-refractivity contribution in [3.05, 3.63) is 88.7 Å². The summed E-state index contributed by atoms with van der Waals surface area (Å²) in [4.78, 5) is 36.5. The fourth-order valence-electron chi connectivity index (χ4n) is 3.94. The number of aliphatic hydroxyl groups excluding tert-OH is 1. The number of nitrogens with zero attached hydrogens (tertiary/aromatic N) is 3. The number of carbonyl (C=O) groups is 2. The van der Waals surface area contributed by atoms with Crippen LogP contribution in [0.1, 0.15) is 24.1 Å². The first-order valence-corrected chi connectivity index (χ1v) is 11.7. The lowest BCUT2D eigenvalue weighted by Crippen LogP contribution is -2.29. The minimum absolute atomic E-state index is 0.0258. The summed E-state index contributed by atoms with van der Waals surface area (Å²) in [5.41, 5.74) is 1.62. The number of Topliss-reactive ketones (excluding diaryl/α,β-unsaturated/α-hetero) is 1. The summed E-state index contributed by atoms with van der Waals surface area (Å²) in [6.07, 6.45) is 3.01. The maximum absolute atomic E-state index is 13.3. The molecule has 1 aliphatic heterocycles. The Balaban J connectivity index is 1.73. The highest BCUT2D eigenvalue weighted by atomic mass is 35.5. The number of ketones is 1. The van der Waals surface area contributed by atoms with Gasteiger partial charge >= 0.3 is 5.91 Å². The number of rotatable bonds is 5. The van der Waals surface area contributed by atoms with Crippen LogP contribution in [0, 0.1) is 0 Å². The van der Waals surface area contributed by atoms with Crippen LogP contribution in [0.3, 0.4) is 0 Å². The molecular formula is C25H18ClN3O4S. The average molecular weight is 492 g/mol. The fourth-order valence-corrected chi connectivity index (χ4v) is 5.21. The average Bonchev–Trinajstić information content (AvgIpc) is 3.37. The van der Waals surface area contributed by atoms with Crippen LogP contribution in [0.25, 0.3) is 16.0 Å². The van der Waals surface area contributed by atoms with Crippen LogP contribution in [0.4, 0.5) is 5.13 Å². The molecular weight excluding hydrogens is 474 g/mol. The Labute approximate surface area is 203 Å². The molecule has 2 aromatic heterocycles. The van der Waals surface area contributed by atoms with Crippen molar-refractivity contribution in [2.75, 3.05) is 11.5 Å². The van der Waals surface area contributed by atoms with Crippen LogP contribution >= 0.6 is 22.9 Å². The van der Waals surface area contributed by atoms with E-state index in [2.05, 4.69) is 9.97 Å². The summed E-state index contributed by atoms with van der Waals surface area (Å²) in [6.45, 7) is 2.33. The Hall–Kier alpha value is -3.75. The van der Waals surface area contributed by atoms with E-state index in [4.69, 9.17) is 16.3 Å².